The van der Waals surface area contributed by atoms with Gasteiger partial charge in [-0.15, -0.1) is 6.58 Å². The molecule has 0 aliphatic rings. The van der Waals surface area contributed by atoms with Crippen molar-refractivity contribution in [1.82, 2.24) is 21.3 Å². The second-order valence-corrected chi connectivity index (χ2v) is 8.09. The van der Waals surface area contributed by atoms with Crippen LogP contribution >= 0.6 is 0 Å². The van der Waals surface area contributed by atoms with Crippen LogP contribution in [0, 0.1) is 0 Å². The molecular weight excluding hydrogens is 537 g/mol. The van der Waals surface area contributed by atoms with Crippen molar-refractivity contribution < 1.29 is 46.9 Å². The first-order valence-corrected chi connectivity index (χ1v) is 11.8. The van der Waals surface area contributed by atoms with Gasteiger partial charge in [0.1, 0.15) is 0 Å². The van der Waals surface area contributed by atoms with Crippen molar-refractivity contribution in [3.8, 4) is 11.1 Å². The summed E-state index contributed by atoms with van der Waals surface area (Å²) in [7, 11) is 0. The first-order valence-electron chi connectivity index (χ1n) is 11.8. The summed E-state index contributed by atoms with van der Waals surface area (Å²) in [6.45, 7) is 3.18. The van der Waals surface area contributed by atoms with Gasteiger partial charge < -0.3 is 21.3 Å². The number of carbonyl (C=O) groups is 5. The smallest absolute Gasteiger partial charge is 0.347 e. The number of nitrogens with one attached hydrogen (secondary N) is 4. The van der Waals surface area contributed by atoms with Gasteiger partial charge in [-0.05, 0) is 16.7 Å². The molecule has 214 valence electrons. The topological polar surface area (TPSA) is 152 Å². The Morgan fingerprint density at radius 1 is 0.850 bits per heavy atom. The molecule has 11 nitrogen and oxygen atoms in total. The summed E-state index contributed by atoms with van der Waals surface area (Å²) in [5, 5.41) is 9.73. The molecule has 0 aromatic heterocycles. The van der Waals surface area contributed by atoms with Gasteiger partial charge in [0.05, 0.1) is 19.0 Å². The van der Waals surface area contributed by atoms with Gasteiger partial charge in [-0.3, -0.25) is 9.59 Å². The lowest BCUT2D eigenvalue weighted by Crippen LogP contribution is -2.41. The molecule has 0 aliphatic carbocycles. The lowest BCUT2D eigenvalue weighted by molar-refractivity contribution is -0.286. The molecule has 4 N–H and O–H groups in total. The van der Waals surface area contributed by atoms with Crippen LogP contribution in [-0.2, 0) is 29.0 Å². The summed E-state index contributed by atoms with van der Waals surface area (Å²) in [6.07, 6.45) is -4.72. The fraction of sp³-hybridized carbons (Fsp3) is 0.269. The van der Waals surface area contributed by atoms with Crippen LogP contribution < -0.4 is 21.3 Å². The molecule has 4 amide bonds. The van der Waals surface area contributed by atoms with E-state index in [1.807, 2.05) is 30.3 Å². The standard InChI is InChI=1S/C26H27F3N4O7/c1-2-13-30-25(38)31-14-12-21(34)32-16-22(35)33-20(15-23(36)39-40-24(37)26(27,28)29)19-10-8-18(9-11-19)17-6-4-3-5-7-17/h2-11,20H,1,12-16H2,(H,32,34)(H,33,35)(H2,30,31,38). The third kappa shape index (κ3) is 11.2. The molecular formula is C26H27F3N4O7. The highest BCUT2D eigenvalue weighted by atomic mass is 19.4. The Labute approximate surface area is 227 Å². The molecule has 0 aliphatic heterocycles. The molecule has 2 aromatic carbocycles. The molecule has 1 atom stereocenters. The Kier molecular flexibility index (Phi) is 12.2. The average molecular weight is 565 g/mol. The number of benzene rings is 2. The number of halogens is 3. The molecule has 0 fully saturated rings. The minimum atomic E-state index is -5.37. The van der Waals surface area contributed by atoms with Crippen molar-refractivity contribution in [2.45, 2.75) is 25.1 Å². The number of carbonyl (C=O) groups excluding carboxylic acids is 5. The number of amides is 4. The third-order valence-electron chi connectivity index (χ3n) is 5.06. The lowest BCUT2D eigenvalue weighted by atomic mass is 9.99. The van der Waals surface area contributed by atoms with Gasteiger partial charge in [-0.2, -0.15) is 13.2 Å². The molecule has 0 spiro atoms. The quantitative estimate of drug-likeness (QED) is 0.176. The minimum Gasteiger partial charge on any atom is -0.347 e. The fourth-order valence-corrected chi connectivity index (χ4v) is 3.15. The van der Waals surface area contributed by atoms with Crippen molar-refractivity contribution >= 4 is 29.8 Å². The van der Waals surface area contributed by atoms with Crippen LogP contribution in [0.15, 0.2) is 67.3 Å². The lowest BCUT2D eigenvalue weighted by Gasteiger charge is -2.19. The molecule has 2 rings (SSSR count). The van der Waals surface area contributed by atoms with Crippen LogP contribution in [0.1, 0.15) is 24.4 Å². The Morgan fingerprint density at radius 3 is 2.12 bits per heavy atom. The van der Waals surface area contributed by atoms with E-state index in [2.05, 4.69) is 37.6 Å². The predicted octanol–water partition coefficient (Wildman–Crippen LogP) is 2.46. The number of urea groups is 1. The summed E-state index contributed by atoms with van der Waals surface area (Å²) in [4.78, 5) is 66.3. The third-order valence-corrected chi connectivity index (χ3v) is 5.06. The van der Waals surface area contributed by atoms with E-state index in [0.717, 1.165) is 11.1 Å². The van der Waals surface area contributed by atoms with Crippen LogP contribution in [0.5, 0.6) is 0 Å². The highest BCUT2D eigenvalue weighted by Crippen LogP contribution is 2.24. The normalized spacial score (nSPS) is 11.4. The SMILES string of the molecule is C=CCNC(=O)NCCC(=O)NCC(=O)NC(CC(=O)OOC(=O)C(F)(F)F)c1ccc(-c2ccccc2)cc1. The largest absolute Gasteiger partial charge is 0.495 e. The summed E-state index contributed by atoms with van der Waals surface area (Å²) < 4.78 is 36.9. The van der Waals surface area contributed by atoms with E-state index >= 15 is 0 Å². The molecule has 0 radical (unpaired) electrons. The molecule has 0 heterocycles. The summed E-state index contributed by atoms with van der Waals surface area (Å²) in [6, 6.07) is 14.2. The highest BCUT2D eigenvalue weighted by molar-refractivity contribution is 5.85. The molecule has 1 unspecified atom stereocenters. The van der Waals surface area contributed by atoms with Crippen molar-refractivity contribution in [3.63, 3.8) is 0 Å². The van der Waals surface area contributed by atoms with E-state index in [0.29, 0.717) is 5.56 Å². The van der Waals surface area contributed by atoms with E-state index in [4.69, 9.17) is 0 Å². The van der Waals surface area contributed by atoms with Crippen molar-refractivity contribution in [1.29, 1.82) is 0 Å². The Balaban J connectivity index is 1.99. The monoisotopic (exact) mass is 564 g/mol. The average Bonchev–Trinajstić information content (AvgIpc) is 2.93. The highest BCUT2D eigenvalue weighted by Gasteiger charge is 2.43. The predicted molar refractivity (Wildman–Crippen MR) is 135 cm³/mol. The minimum absolute atomic E-state index is 0.00466. The number of rotatable bonds is 12. The molecule has 40 heavy (non-hydrogen) atoms. The number of hydrogen-bond acceptors (Lipinski definition) is 7. The van der Waals surface area contributed by atoms with Gasteiger partial charge >= 0.3 is 24.1 Å². The Bertz CT molecular complexity index is 1190. The van der Waals surface area contributed by atoms with E-state index in [1.165, 1.54) is 6.08 Å². The van der Waals surface area contributed by atoms with Gasteiger partial charge in [-0.1, -0.05) is 60.7 Å². The van der Waals surface area contributed by atoms with Crippen molar-refractivity contribution in [2.24, 2.45) is 0 Å². The Hall–Kier alpha value is -4.88. The van der Waals surface area contributed by atoms with Crippen LogP contribution in [0.3, 0.4) is 0 Å². The summed E-state index contributed by atoms with van der Waals surface area (Å²) in [5.41, 5.74) is 2.09. The van der Waals surface area contributed by atoms with Gasteiger partial charge in [0.15, 0.2) is 0 Å². The van der Waals surface area contributed by atoms with E-state index in [-0.39, 0.29) is 19.5 Å². The zero-order valence-electron chi connectivity index (χ0n) is 21.1. The first-order chi connectivity index (χ1) is 19.0. The van der Waals surface area contributed by atoms with E-state index in [1.54, 1.807) is 24.3 Å². The zero-order valence-corrected chi connectivity index (χ0v) is 21.1. The Morgan fingerprint density at radius 2 is 1.50 bits per heavy atom. The molecule has 0 bridgehead atoms. The van der Waals surface area contributed by atoms with Crippen LogP contribution in [-0.4, -0.2) is 55.6 Å². The van der Waals surface area contributed by atoms with E-state index in [9.17, 15) is 37.1 Å². The molecule has 2 aromatic rings. The van der Waals surface area contributed by atoms with E-state index < -0.39 is 55.0 Å². The molecule has 0 saturated heterocycles. The van der Waals surface area contributed by atoms with Crippen molar-refractivity contribution in [2.75, 3.05) is 19.6 Å². The van der Waals surface area contributed by atoms with Gasteiger partial charge in [0.25, 0.3) is 0 Å². The van der Waals surface area contributed by atoms with Gasteiger partial charge in [0.2, 0.25) is 11.8 Å². The summed E-state index contributed by atoms with van der Waals surface area (Å²) in [5.74, 6) is -5.37. The number of alkyl halides is 3. The number of hydrogen-bond donors (Lipinski definition) is 4. The zero-order chi connectivity index (χ0) is 29.5. The first kappa shape index (κ1) is 31.3. The maximum absolute atomic E-state index is 12.5. The van der Waals surface area contributed by atoms with Crippen LogP contribution in [0.2, 0.25) is 0 Å². The molecule has 14 heteroatoms. The van der Waals surface area contributed by atoms with Gasteiger partial charge in [0, 0.05) is 19.5 Å². The second-order valence-electron chi connectivity index (χ2n) is 8.09. The second kappa shape index (κ2) is 15.5. The maximum Gasteiger partial charge on any atom is 0.495 e. The van der Waals surface area contributed by atoms with Crippen LogP contribution in [0.4, 0.5) is 18.0 Å². The molecule has 0 saturated carbocycles. The van der Waals surface area contributed by atoms with Gasteiger partial charge in [-0.25, -0.2) is 24.2 Å². The van der Waals surface area contributed by atoms with Crippen LogP contribution in [0.25, 0.3) is 11.1 Å². The summed E-state index contributed by atoms with van der Waals surface area (Å²) >= 11 is 0. The fourth-order valence-electron chi connectivity index (χ4n) is 3.15. The maximum atomic E-state index is 12.5. The van der Waals surface area contributed by atoms with Crippen molar-refractivity contribution in [3.05, 3.63) is 72.8 Å².